The molecular weight excluding hydrogens is 445 g/mol. The first-order valence-electron chi connectivity index (χ1n) is 12.3. The predicted octanol–water partition coefficient (Wildman–Crippen LogP) is 4.05. The van der Waals surface area contributed by atoms with Gasteiger partial charge in [0.05, 0.1) is 17.4 Å². The molecule has 0 spiro atoms. The largest absolute Gasteiger partial charge is 0.324 e. The van der Waals surface area contributed by atoms with E-state index >= 15 is 4.39 Å². The minimum atomic E-state index is -1.38. The van der Waals surface area contributed by atoms with Gasteiger partial charge in [0.1, 0.15) is 5.39 Å². The molecule has 0 bridgehead atoms. The average Bonchev–Trinajstić information content (AvgIpc) is 3.66. The van der Waals surface area contributed by atoms with Crippen molar-refractivity contribution in [1.29, 1.82) is 0 Å². The lowest BCUT2D eigenvalue weighted by Gasteiger charge is -2.33. The Morgan fingerprint density at radius 2 is 2.00 bits per heavy atom. The third-order valence-corrected chi connectivity index (χ3v) is 7.46. The molecule has 2 N–H and O–H groups in total. The van der Waals surface area contributed by atoms with Crippen LogP contribution in [0.5, 0.6) is 0 Å². The predicted molar refractivity (Wildman–Crippen MR) is 131 cm³/mol. The Morgan fingerprint density at radius 3 is 2.80 bits per heavy atom. The summed E-state index contributed by atoms with van der Waals surface area (Å²) in [6.45, 7) is 1.84. The summed E-state index contributed by atoms with van der Waals surface area (Å²) in [5.74, 6) is 0.415. The highest BCUT2D eigenvalue weighted by atomic mass is 19.1. The molecule has 9 heteroatoms. The van der Waals surface area contributed by atoms with E-state index in [1.807, 2.05) is 16.8 Å². The normalized spacial score (nSPS) is 18.8. The number of fused-ring (bicyclic) bond motifs is 2. The molecule has 35 heavy (non-hydrogen) atoms. The molecule has 8 nitrogen and oxygen atoms in total. The van der Waals surface area contributed by atoms with E-state index in [0.29, 0.717) is 41.2 Å². The Balaban J connectivity index is 1.33. The number of aromatic nitrogens is 5. The van der Waals surface area contributed by atoms with Gasteiger partial charge >= 0.3 is 0 Å². The molecule has 3 aliphatic rings. The van der Waals surface area contributed by atoms with E-state index < -0.39 is 5.67 Å². The van der Waals surface area contributed by atoms with Crippen LogP contribution in [0.3, 0.4) is 0 Å². The standard InChI is InChI=1S/C26H26FN7O/c27-26(8-1-9-26)22-13-20(7-11-29-22)33-23-21(24(35)34(33)19-4-5-19)15-30-25(32-23)31-18-3-2-16-6-10-28-14-17(16)12-18/h2-3,7,11-13,15,19,28H,1,4-6,8-10,14H2,(H,30,31,32). The number of alkyl halides is 1. The van der Waals surface area contributed by atoms with Gasteiger partial charge in [-0.1, -0.05) is 6.07 Å². The Kier molecular flexibility index (Phi) is 4.57. The van der Waals surface area contributed by atoms with E-state index in [1.54, 1.807) is 23.1 Å². The lowest BCUT2D eigenvalue weighted by molar-refractivity contribution is 0.0560. The molecule has 0 radical (unpaired) electrons. The van der Waals surface area contributed by atoms with E-state index in [9.17, 15) is 4.79 Å². The highest BCUT2D eigenvalue weighted by Gasteiger charge is 2.40. The van der Waals surface area contributed by atoms with Gasteiger partial charge in [-0.15, -0.1) is 0 Å². The van der Waals surface area contributed by atoms with Gasteiger partial charge in [-0.3, -0.25) is 9.78 Å². The maximum Gasteiger partial charge on any atom is 0.278 e. The fraction of sp³-hybridized carbons (Fsp3) is 0.385. The van der Waals surface area contributed by atoms with Crippen LogP contribution in [-0.4, -0.2) is 30.9 Å². The Bertz CT molecular complexity index is 1520. The average molecular weight is 472 g/mol. The van der Waals surface area contributed by atoms with Gasteiger partial charge in [-0.25, -0.2) is 18.7 Å². The molecule has 3 aromatic heterocycles. The Hall–Kier alpha value is -3.59. The summed E-state index contributed by atoms with van der Waals surface area (Å²) < 4.78 is 18.7. The van der Waals surface area contributed by atoms with Crippen molar-refractivity contribution < 1.29 is 4.39 Å². The molecule has 0 atom stereocenters. The molecule has 4 aromatic rings. The summed E-state index contributed by atoms with van der Waals surface area (Å²) >= 11 is 0. The van der Waals surface area contributed by atoms with Crippen LogP contribution < -0.4 is 16.2 Å². The summed E-state index contributed by atoms with van der Waals surface area (Å²) in [4.78, 5) is 26.9. The van der Waals surface area contributed by atoms with E-state index in [1.165, 1.54) is 11.1 Å². The number of anilines is 2. The van der Waals surface area contributed by atoms with Crippen LogP contribution in [0, 0.1) is 0 Å². The molecule has 2 saturated carbocycles. The molecule has 2 aliphatic carbocycles. The second kappa shape index (κ2) is 7.71. The topological polar surface area (TPSA) is 89.7 Å². The molecule has 0 saturated heterocycles. The van der Waals surface area contributed by atoms with Crippen molar-refractivity contribution in [2.24, 2.45) is 0 Å². The lowest BCUT2D eigenvalue weighted by Crippen LogP contribution is -2.30. The first kappa shape index (κ1) is 20.8. The Morgan fingerprint density at radius 1 is 1.11 bits per heavy atom. The SMILES string of the molecule is O=c1c2cnc(Nc3ccc4c(c3)CNCC4)nc2n(-c2ccnc(C3(F)CCC3)c2)n1C1CC1. The zero-order valence-corrected chi connectivity index (χ0v) is 19.3. The van der Waals surface area contributed by atoms with Crippen molar-refractivity contribution >= 4 is 22.7 Å². The van der Waals surface area contributed by atoms with Crippen LogP contribution in [0.1, 0.15) is 55.0 Å². The summed E-state index contributed by atoms with van der Waals surface area (Å²) in [6.07, 6.45) is 7.93. The molecular formula is C26H26FN7O. The lowest BCUT2D eigenvalue weighted by atomic mass is 9.79. The third kappa shape index (κ3) is 3.44. The molecule has 0 unspecified atom stereocenters. The number of rotatable bonds is 5. The number of benzene rings is 1. The van der Waals surface area contributed by atoms with Crippen molar-refractivity contribution in [3.63, 3.8) is 0 Å². The molecule has 0 amide bonds. The molecule has 178 valence electrons. The Labute approximate surface area is 201 Å². The number of hydrogen-bond acceptors (Lipinski definition) is 6. The number of nitrogens with zero attached hydrogens (tertiary/aromatic N) is 5. The fourth-order valence-corrected chi connectivity index (χ4v) is 5.18. The van der Waals surface area contributed by atoms with Gasteiger partial charge in [0.2, 0.25) is 5.95 Å². The van der Waals surface area contributed by atoms with Crippen LogP contribution in [0.15, 0.2) is 47.5 Å². The van der Waals surface area contributed by atoms with Gasteiger partial charge in [-0.2, -0.15) is 4.98 Å². The number of nitrogens with one attached hydrogen (secondary N) is 2. The van der Waals surface area contributed by atoms with E-state index in [-0.39, 0.29) is 11.6 Å². The van der Waals surface area contributed by atoms with Gasteiger partial charge in [0.25, 0.3) is 5.56 Å². The van der Waals surface area contributed by atoms with E-state index in [2.05, 4.69) is 32.7 Å². The number of pyridine rings is 1. The second-order valence-electron chi connectivity index (χ2n) is 9.88. The highest BCUT2D eigenvalue weighted by molar-refractivity contribution is 5.77. The number of halogens is 1. The van der Waals surface area contributed by atoms with Crippen LogP contribution in [-0.2, 0) is 18.6 Å². The second-order valence-corrected chi connectivity index (χ2v) is 9.88. The van der Waals surface area contributed by atoms with Crippen molar-refractivity contribution in [1.82, 2.24) is 29.6 Å². The molecule has 4 heterocycles. The monoisotopic (exact) mass is 471 g/mol. The minimum Gasteiger partial charge on any atom is -0.324 e. The van der Waals surface area contributed by atoms with Crippen LogP contribution in [0.4, 0.5) is 16.0 Å². The van der Waals surface area contributed by atoms with Gasteiger partial charge in [0.15, 0.2) is 11.3 Å². The van der Waals surface area contributed by atoms with Crippen molar-refractivity contribution in [3.05, 3.63) is 69.9 Å². The summed E-state index contributed by atoms with van der Waals surface area (Å²) in [7, 11) is 0. The van der Waals surface area contributed by atoms with Gasteiger partial charge in [-0.05, 0) is 80.5 Å². The van der Waals surface area contributed by atoms with Crippen molar-refractivity contribution in [2.45, 2.75) is 56.8 Å². The van der Waals surface area contributed by atoms with Crippen molar-refractivity contribution in [3.8, 4) is 5.69 Å². The van der Waals surface area contributed by atoms with Crippen LogP contribution >= 0.6 is 0 Å². The highest BCUT2D eigenvalue weighted by Crippen LogP contribution is 2.44. The first-order valence-corrected chi connectivity index (χ1v) is 12.3. The van der Waals surface area contributed by atoms with Gasteiger partial charge in [0, 0.05) is 24.6 Å². The maximum absolute atomic E-state index is 15.2. The molecule has 1 aromatic carbocycles. The summed E-state index contributed by atoms with van der Waals surface area (Å²) in [5.41, 5.74) is 3.65. The molecule has 1 aliphatic heterocycles. The zero-order chi connectivity index (χ0) is 23.6. The summed E-state index contributed by atoms with van der Waals surface area (Å²) in [6, 6.07) is 9.99. The van der Waals surface area contributed by atoms with E-state index in [0.717, 1.165) is 44.5 Å². The minimum absolute atomic E-state index is 0.112. The van der Waals surface area contributed by atoms with Crippen LogP contribution in [0.25, 0.3) is 16.7 Å². The number of hydrogen-bond donors (Lipinski definition) is 2. The third-order valence-electron chi connectivity index (χ3n) is 7.46. The smallest absolute Gasteiger partial charge is 0.278 e. The van der Waals surface area contributed by atoms with E-state index in [4.69, 9.17) is 4.98 Å². The first-order chi connectivity index (χ1) is 17.1. The van der Waals surface area contributed by atoms with Crippen LogP contribution in [0.2, 0.25) is 0 Å². The zero-order valence-electron chi connectivity index (χ0n) is 19.3. The van der Waals surface area contributed by atoms with Gasteiger partial charge < -0.3 is 10.6 Å². The fourth-order valence-electron chi connectivity index (χ4n) is 5.18. The quantitative estimate of drug-likeness (QED) is 0.457. The molecule has 7 rings (SSSR count). The van der Waals surface area contributed by atoms with Crippen molar-refractivity contribution in [2.75, 3.05) is 11.9 Å². The molecule has 2 fully saturated rings. The summed E-state index contributed by atoms with van der Waals surface area (Å²) in [5, 5.41) is 7.16. The maximum atomic E-state index is 15.2.